The summed E-state index contributed by atoms with van der Waals surface area (Å²) in [7, 11) is 0. The average Bonchev–Trinajstić information content (AvgIpc) is 2.23. The van der Waals surface area contributed by atoms with Crippen molar-refractivity contribution in [3.63, 3.8) is 0 Å². The van der Waals surface area contributed by atoms with Gasteiger partial charge in [-0.1, -0.05) is 20.3 Å². The van der Waals surface area contributed by atoms with E-state index in [0.29, 0.717) is 5.92 Å². The molecule has 2 rings (SSSR count). The molecular formula is C13H25NO. The molecule has 2 aliphatic rings. The molecule has 15 heavy (non-hydrogen) atoms. The zero-order valence-corrected chi connectivity index (χ0v) is 10.2. The van der Waals surface area contributed by atoms with Crippen LogP contribution < -0.4 is 5.73 Å². The van der Waals surface area contributed by atoms with Crippen LogP contribution in [0.2, 0.25) is 0 Å². The fourth-order valence-electron chi connectivity index (χ4n) is 3.23. The lowest BCUT2D eigenvalue weighted by atomic mass is 9.67. The predicted octanol–water partition coefficient (Wildman–Crippen LogP) is 2.57. The molecular weight excluding hydrogens is 186 g/mol. The van der Waals surface area contributed by atoms with E-state index in [9.17, 15) is 0 Å². The molecule has 1 heterocycles. The quantitative estimate of drug-likeness (QED) is 0.723. The predicted molar refractivity (Wildman–Crippen MR) is 62.6 cm³/mol. The van der Waals surface area contributed by atoms with E-state index in [1.807, 2.05) is 0 Å². The Morgan fingerprint density at radius 2 is 2.00 bits per heavy atom. The molecule has 0 radical (unpaired) electrons. The Bertz CT molecular complexity index is 211. The molecule has 2 nitrogen and oxygen atoms in total. The summed E-state index contributed by atoms with van der Waals surface area (Å²) in [6, 6.07) is 0. The van der Waals surface area contributed by atoms with Crippen LogP contribution in [0.5, 0.6) is 0 Å². The van der Waals surface area contributed by atoms with E-state index in [1.165, 1.54) is 25.7 Å². The van der Waals surface area contributed by atoms with E-state index < -0.39 is 0 Å². The van der Waals surface area contributed by atoms with E-state index in [0.717, 1.165) is 31.5 Å². The first kappa shape index (κ1) is 11.4. The molecule has 0 aromatic heterocycles. The van der Waals surface area contributed by atoms with Gasteiger partial charge < -0.3 is 10.5 Å². The second-order valence-corrected chi connectivity index (χ2v) is 5.85. The van der Waals surface area contributed by atoms with Crippen LogP contribution in [0.1, 0.15) is 46.0 Å². The minimum absolute atomic E-state index is 0.00729. The highest BCUT2D eigenvalue weighted by molar-refractivity contribution is 4.96. The summed E-state index contributed by atoms with van der Waals surface area (Å²) >= 11 is 0. The highest BCUT2D eigenvalue weighted by atomic mass is 16.5. The topological polar surface area (TPSA) is 35.2 Å². The molecule has 0 spiro atoms. The van der Waals surface area contributed by atoms with Gasteiger partial charge in [0.15, 0.2) is 0 Å². The number of rotatable bonds is 1. The highest BCUT2D eigenvalue weighted by Gasteiger charge is 2.40. The molecule has 0 aromatic carbocycles. The summed E-state index contributed by atoms with van der Waals surface area (Å²) in [5.74, 6) is 2.42. The second kappa shape index (κ2) is 4.42. The zero-order valence-electron chi connectivity index (χ0n) is 10.2. The van der Waals surface area contributed by atoms with Gasteiger partial charge in [-0.05, 0) is 43.4 Å². The van der Waals surface area contributed by atoms with E-state index in [1.54, 1.807) is 0 Å². The number of hydrogen-bond acceptors (Lipinski definition) is 2. The maximum absolute atomic E-state index is 6.52. The summed E-state index contributed by atoms with van der Waals surface area (Å²) in [6.07, 6.45) is 6.28. The molecule has 0 amide bonds. The molecule has 1 saturated heterocycles. The van der Waals surface area contributed by atoms with E-state index in [4.69, 9.17) is 10.5 Å². The van der Waals surface area contributed by atoms with E-state index in [-0.39, 0.29) is 5.54 Å². The van der Waals surface area contributed by atoms with Crippen molar-refractivity contribution >= 4 is 0 Å². The van der Waals surface area contributed by atoms with Crippen molar-refractivity contribution in [2.24, 2.45) is 23.5 Å². The first-order valence-electron chi connectivity index (χ1n) is 6.48. The lowest BCUT2D eigenvalue weighted by Gasteiger charge is -2.45. The third-order valence-electron chi connectivity index (χ3n) is 4.71. The Balaban J connectivity index is 1.97. The molecule has 2 fully saturated rings. The van der Waals surface area contributed by atoms with E-state index in [2.05, 4.69) is 13.8 Å². The van der Waals surface area contributed by atoms with Crippen molar-refractivity contribution in [1.29, 1.82) is 0 Å². The normalized spacial score (nSPS) is 47.8. The molecule has 0 aromatic rings. The SMILES string of the molecule is CC1CCC(C2(N)CCCOC2)CC1C. The van der Waals surface area contributed by atoms with Crippen LogP contribution in [-0.2, 0) is 4.74 Å². The number of nitrogens with two attached hydrogens (primary N) is 1. The van der Waals surface area contributed by atoms with Crippen molar-refractivity contribution in [1.82, 2.24) is 0 Å². The monoisotopic (exact) mass is 211 g/mol. The number of hydrogen-bond donors (Lipinski definition) is 1. The van der Waals surface area contributed by atoms with Crippen molar-refractivity contribution in [2.75, 3.05) is 13.2 Å². The van der Waals surface area contributed by atoms with Gasteiger partial charge in [-0.25, -0.2) is 0 Å². The van der Waals surface area contributed by atoms with Gasteiger partial charge >= 0.3 is 0 Å². The standard InChI is InChI=1S/C13H25NO/c1-10-4-5-12(8-11(10)2)13(14)6-3-7-15-9-13/h10-12H,3-9,14H2,1-2H3. The summed E-state index contributed by atoms with van der Waals surface area (Å²) in [5, 5.41) is 0. The van der Waals surface area contributed by atoms with Crippen LogP contribution in [-0.4, -0.2) is 18.8 Å². The second-order valence-electron chi connectivity index (χ2n) is 5.85. The fourth-order valence-corrected chi connectivity index (χ4v) is 3.23. The average molecular weight is 211 g/mol. The van der Waals surface area contributed by atoms with Gasteiger partial charge in [0.2, 0.25) is 0 Å². The van der Waals surface area contributed by atoms with Gasteiger partial charge in [0.05, 0.1) is 6.61 Å². The van der Waals surface area contributed by atoms with Crippen molar-refractivity contribution in [2.45, 2.75) is 51.5 Å². The maximum Gasteiger partial charge on any atom is 0.0648 e. The minimum atomic E-state index is -0.00729. The first-order chi connectivity index (χ1) is 7.12. The molecule has 2 N–H and O–H groups in total. The van der Waals surface area contributed by atoms with Gasteiger partial charge in [0, 0.05) is 12.1 Å². The number of ether oxygens (including phenoxy) is 1. The van der Waals surface area contributed by atoms with Crippen molar-refractivity contribution in [3.8, 4) is 0 Å². The third kappa shape index (κ3) is 2.36. The van der Waals surface area contributed by atoms with Gasteiger partial charge in [-0.15, -0.1) is 0 Å². The zero-order chi connectivity index (χ0) is 10.9. The molecule has 1 aliphatic heterocycles. The Kier molecular flexibility index (Phi) is 3.36. The van der Waals surface area contributed by atoms with Gasteiger partial charge in [0.25, 0.3) is 0 Å². The largest absolute Gasteiger partial charge is 0.380 e. The summed E-state index contributed by atoms with van der Waals surface area (Å²) < 4.78 is 5.58. The molecule has 88 valence electrons. The van der Waals surface area contributed by atoms with Crippen LogP contribution in [0.15, 0.2) is 0 Å². The van der Waals surface area contributed by atoms with Gasteiger partial charge in [0.1, 0.15) is 0 Å². The fraction of sp³-hybridized carbons (Fsp3) is 1.00. The third-order valence-corrected chi connectivity index (χ3v) is 4.71. The Labute approximate surface area is 93.6 Å². The molecule has 2 heteroatoms. The van der Waals surface area contributed by atoms with Crippen LogP contribution in [0.25, 0.3) is 0 Å². The van der Waals surface area contributed by atoms with Crippen LogP contribution in [0.3, 0.4) is 0 Å². The van der Waals surface area contributed by atoms with Crippen molar-refractivity contribution in [3.05, 3.63) is 0 Å². The van der Waals surface area contributed by atoms with Crippen LogP contribution >= 0.6 is 0 Å². The Morgan fingerprint density at radius 1 is 1.20 bits per heavy atom. The summed E-state index contributed by atoms with van der Waals surface area (Å²) in [6.45, 7) is 6.46. The van der Waals surface area contributed by atoms with E-state index >= 15 is 0 Å². The molecule has 4 unspecified atom stereocenters. The first-order valence-corrected chi connectivity index (χ1v) is 6.48. The highest BCUT2D eigenvalue weighted by Crippen LogP contribution is 2.40. The summed E-state index contributed by atoms with van der Waals surface area (Å²) in [5.41, 5.74) is 6.51. The molecule has 4 atom stereocenters. The molecule has 0 bridgehead atoms. The minimum Gasteiger partial charge on any atom is -0.380 e. The van der Waals surface area contributed by atoms with Crippen LogP contribution in [0.4, 0.5) is 0 Å². The van der Waals surface area contributed by atoms with Crippen LogP contribution in [0, 0.1) is 17.8 Å². The summed E-state index contributed by atoms with van der Waals surface area (Å²) in [4.78, 5) is 0. The molecule has 1 saturated carbocycles. The maximum atomic E-state index is 6.52. The lowest BCUT2D eigenvalue weighted by molar-refractivity contribution is -0.00786. The van der Waals surface area contributed by atoms with Gasteiger partial charge in [-0.2, -0.15) is 0 Å². The van der Waals surface area contributed by atoms with Crippen molar-refractivity contribution < 1.29 is 4.74 Å². The van der Waals surface area contributed by atoms with Gasteiger partial charge in [-0.3, -0.25) is 0 Å². The molecule has 1 aliphatic carbocycles. The Morgan fingerprint density at radius 3 is 2.60 bits per heavy atom. The lowest BCUT2D eigenvalue weighted by Crippen LogP contribution is -2.54. The smallest absolute Gasteiger partial charge is 0.0648 e. The Hall–Kier alpha value is -0.0800.